The molecule has 1 heterocycles. The van der Waals surface area contributed by atoms with Gasteiger partial charge in [-0.25, -0.2) is 4.90 Å². The second-order valence-corrected chi connectivity index (χ2v) is 5.72. The molecule has 0 saturated heterocycles. The van der Waals surface area contributed by atoms with Gasteiger partial charge >= 0.3 is 0 Å². The minimum Gasteiger partial charge on any atom is -0.489 e. The molecule has 4 rings (SSSR count). The first kappa shape index (κ1) is 15.1. The Morgan fingerprint density at radius 2 is 1.60 bits per heavy atom. The quantitative estimate of drug-likeness (QED) is 0.532. The summed E-state index contributed by atoms with van der Waals surface area (Å²) in [6.07, 6.45) is 1.66. The van der Waals surface area contributed by atoms with Crippen molar-refractivity contribution < 1.29 is 14.3 Å². The van der Waals surface area contributed by atoms with E-state index in [-0.39, 0.29) is 11.8 Å². The van der Waals surface area contributed by atoms with Crippen molar-refractivity contribution in [1.82, 2.24) is 0 Å². The highest BCUT2D eigenvalue weighted by Crippen LogP contribution is 2.36. The second-order valence-electron chi connectivity index (χ2n) is 5.72. The van der Waals surface area contributed by atoms with Crippen LogP contribution in [0.25, 0.3) is 10.8 Å². The molecule has 0 fully saturated rings. The molecule has 0 atom stereocenters. The fourth-order valence-electron chi connectivity index (χ4n) is 3.16. The van der Waals surface area contributed by atoms with Crippen LogP contribution < -0.4 is 9.64 Å². The second kappa shape index (κ2) is 5.91. The number of carbonyl (C=O) groups is 2. The summed E-state index contributed by atoms with van der Waals surface area (Å²) in [6, 6.07) is 17.9. The third-order valence-electron chi connectivity index (χ3n) is 4.24. The third-order valence-corrected chi connectivity index (χ3v) is 4.24. The molecule has 2 amide bonds. The van der Waals surface area contributed by atoms with Crippen LogP contribution in [-0.2, 0) is 0 Å². The Hall–Kier alpha value is -3.40. The maximum Gasteiger partial charge on any atom is 0.265 e. The number of hydrogen-bond donors (Lipinski definition) is 0. The van der Waals surface area contributed by atoms with E-state index in [0.29, 0.717) is 34.6 Å². The number of nitrogens with zero attached hydrogens (tertiary/aromatic N) is 1. The number of para-hydroxylation sites is 1. The summed E-state index contributed by atoms with van der Waals surface area (Å²) in [7, 11) is 0. The average molecular weight is 329 g/mol. The highest BCUT2D eigenvalue weighted by molar-refractivity contribution is 6.36. The zero-order valence-electron chi connectivity index (χ0n) is 13.4. The summed E-state index contributed by atoms with van der Waals surface area (Å²) in [5.41, 5.74) is 1.56. The molecule has 0 saturated carbocycles. The van der Waals surface area contributed by atoms with Crippen molar-refractivity contribution in [3.05, 3.63) is 84.4 Å². The van der Waals surface area contributed by atoms with Gasteiger partial charge in [-0.1, -0.05) is 43.0 Å². The molecular weight excluding hydrogens is 314 g/mol. The zero-order valence-corrected chi connectivity index (χ0v) is 13.4. The molecule has 0 unspecified atom stereocenters. The minimum absolute atomic E-state index is 0.324. The first-order chi connectivity index (χ1) is 12.2. The van der Waals surface area contributed by atoms with Gasteiger partial charge in [0.25, 0.3) is 11.8 Å². The number of anilines is 1. The smallest absolute Gasteiger partial charge is 0.265 e. The van der Waals surface area contributed by atoms with Crippen molar-refractivity contribution in [2.45, 2.75) is 0 Å². The molecule has 122 valence electrons. The average Bonchev–Trinajstić information content (AvgIpc) is 2.65. The lowest BCUT2D eigenvalue weighted by atomic mass is 9.93. The standard InChI is InChI=1S/C21H15NO3/c1-2-13-25-18-12-11-17-19-15(18)9-6-10-16(19)20(23)22(21(17)24)14-7-4-3-5-8-14/h2-12H,1,13H2. The van der Waals surface area contributed by atoms with Crippen molar-refractivity contribution in [1.29, 1.82) is 0 Å². The Labute approximate surface area is 144 Å². The zero-order chi connectivity index (χ0) is 17.4. The molecule has 4 heteroatoms. The van der Waals surface area contributed by atoms with Gasteiger partial charge in [-0.2, -0.15) is 0 Å². The summed E-state index contributed by atoms with van der Waals surface area (Å²) in [5, 5.41) is 1.40. The van der Waals surface area contributed by atoms with Crippen molar-refractivity contribution in [2.75, 3.05) is 11.5 Å². The number of imide groups is 1. The molecule has 3 aromatic carbocycles. The Kier molecular flexibility index (Phi) is 3.58. The molecule has 0 radical (unpaired) electrons. The SMILES string of the molecule is C=CCOc1ccc2c3c(cccc13)C(=O)N(c1ccccc1)C2=O. The monoisotopic (exact) mass is 329 g/mol. The lowest BCUT2D eigenvalue weighted by Gasteiger charge is -2.27. The number of rotatable bonds is 4. The van der Waals surface area contributed by atoms with E-state index in [1.165, 1.54) is 4.90 Å². The molecule has 0 bridgehead atoms. The van der Waals surface area contributed by atoms with Gasteiger partial charge in [-0.15, -0.1) is 0 Å². The van der Waals surface area contributed by atoms with Crippen LogP contribution in [0.1, 0.15) is 20.7 Å². The summed E-state index contributed by atoms with van der Waals surface area (Å²) >= 11 is 0. The number of carbonyl (C=O) groups excluding carboxylic acids is 2. The lowest BCUT2D eigenvalue weighted by molar-refractivity contribution is 0.0893. The van der Waals surface area contributed by atoms with Crippen molar-refractivity contribution in [2.24, 2.45) is 0 Å². The normalized spacial score (nSPS) is 13.2. The van der Waals surface area contributed by atoms with Gasteiger partial charge in [0.1, 0.15) is 12.4 Å². The number of benzene rings is 3. The van der Waals surface area contributed by atoms with Gasteiger partial charge in [0.05, 0.1) is 5.69 Å². The summed E-state index contributed by atoms with van der Waals surface area (Å²) < 4.78 is 5.67. The molecule has 1 aliphatic heterocycles. The van der Waals surface area contributed by atoms with E-state index in [9.17, 15) is 9.59 Å². The van der Waals surface area contributed by atoms with Crippen LogP contribution in [0.2, 0.25) is 0 Å². The highest BCUT2D eigenvalue weighted by Gasteiger charge is 2.34. The molecule has 1 aliphatic rings. The van der Waals surface area contributed by atoms with E-state index in [0.717, 1.165) is 5.39 Å². The summed E-state index contributed by atoms with van der Waals surface area (Å²) in [4.78, 5) is 27.2. The third kappa shape index (κ3) is 2.31. The Morgan fingerprint density at radius 3 is 2.32 bits per heavy atom. The van der Waals surface area contributed by atoms with Crippen LogP contribution in [0.4, 0.5) is 5.69 Å². The fourth-order valence-corrected chi connectivity index (χ4v) is 3.16. The molecule has 0 aliphatic carbocycles. The number of hydrogen-bond acceptors (Lipinski definition) is 3. The van der Waals surface area contributed by atoms with E-state index in [2.05, 4.69) is 6.58 Å². The van der Waals surface area contributed by atoms with Crippen molar-refractivity contribution in [3.63, 3.8) is 0 Å². The Morgan fingerprint density at radius 1 is 0.880 bits per heavy atom. The Balaban J connectivity index is 1.93. The largest absolute Gasteiger partial charge is 0.489 e. The van der Waals surface area contributed by atoms with Crippen LogP contribution in [0.3, 0.4) is 0 Å². The van der Waals surface area contributed by atoms with E-state index >= 15 is 0 Å². The first-order valence-electron chi connectivity index (χ1n) is 7.95. The van der Waals surface area contributed by atoms with Crippen LogP contribution in [-0.4, -0.2) is 18.4 Å². The first-order valence-corrected chi connectivity index (χ1v) is 7.95. The van der Waals surface area contributed by atoms with Crippen LogP contribution in [0.5, 0.6) is 5.75 Å². The van der Waals surface area contributed by atoms with E-state index in [1.807, 2.05) is 12.1 Å². The lowest BCUT2D eigenvalue weighted by Crippen LogP contribution is -2.40. The van der Waals surface area contributed by atoms with E-state index in [4.69, 9.17) is 4.74 Å². The molecule has 3 aromatic rings. The molecule has 4 nitrogen and oxygen atoms in total. The Bertz CT molecular complexity index is 986. The van der Waals surface area contributed by atoms with E-state index in [1.54, 1.807) is 54.6 Å². The molecule has 25 heavy (non-hydrogen) atoms. The highest BCUT2D eigenvalue weighted by atomic mass is 16.5. The van der Waals surface area contributed by atoms with Gasteiger partial charge in [0.2, 0.25) is 0 Å². The van der Waals surface area contributed by atoms with Crippen LogP contribution in [0, 0.1) is 0 Å². The molecule has 0 aromatic heterocycles. The maximum atomic E-state index is 13.0. The number of amides is 2. The fraction of sp³-hybridized carbons (Fsp3) is 0.0476. The van der Waals surface area contributed by atoms with Gasteiger partial charge in [0, 0.05) is 21.9 Å². The molecular formula is C21H15NO3. The van der Waals surface area contributed by atoms with Crippen molar-refractivity contribution >= 4 is 28.3 Å². The molecule has 0 spiro atoms. The van der Waals surface area contributed by atoms with Crippen LogP contribution in [0.15, 0.2) is 73.3 Å². The van der Waals surface area contributed by atoms with Crippen LogP contribution >= 0.6 is 0 Å². The van der Waals surface area contributed by atoms with E-state index < -0.39 is 0 Å². The van der Waals surface area contributed by atoms with Gasteiger partial charge < -0.3 is 4.74 Å². The predicted octanol–water partition coefficient (Wildman–Crippen LogP) is 4.21. The molecule has 0 N–H and O–H groups in total. The van der Waals surface area contributed by atoms with Gasteiger partial charge in [0.15, 0.2) is 0 Å². The minimum atomic E-state index is -0.324. The van der Waals surface area contributed by atoms with Gasteiger partial charge in [-0.05, 0) is 30.3 Å². The topological polar surface area (TPSA) is 46.6 Å². The van der Waals surface area contributed by atoms with Crippen molar-refractivity contribution in [3.8, 4) is 5.75 Å². The van der Waals surface area contributed by atoms with Gasteiger partial charge in [-0.3, -0.25) is 9.59 Å². The number of ether oxygens (including phenoxy) is 1. The summed E-state index contributed by atoms with van der Waals surface area (Å²) in [5.74, 6) is -0.0143. The summed E-state index contributed by atoms with van der Waals surface area (Å²) in [6.45, 7) is 4.00. The maximum absolute atomic E-state index is 13.0. The predicted molar refractivity (Wildman–Crippen MR) is 97.2 cm³/mol.